The molecule has 152 valence electrons. The molecule has 0 amide bonds. The minimum Gasteiger partial charge on any atom is -0.497 e. The molecule has 3 aromatic rings. The number of hydrogen-bond acceptors (Lipinski definition) is 5. The van der Waals surface area contributed by atoms with Gasteiger partial charge in [-0.1, -0.05) is 24.3 Å². The van der Waals surface area contributed by atoms with Crippen LogP contribution in [0.15, 0.2) is 47.3 Å². The van der Waals surface area contributed by atoms with Gasteiger partial charge in [0.1, 0.15) is 17.8 Å². The number of ketones is 1. The Kier molecular flexibility index (Phi) is 5.67. The largest absolute Gasteiger partial charge is 0.497 e. The number of methoxy groups -OCH3 is 1. The molecule has 1 atom stereocenters. The molecule has 1 aromatic heterocycles. The van der Waals surface area contributed by atoms with Crippen LogP contribution in [0.25, 0.3) is 10.9 Å². The molecular weight excluding hydrogens is 387 g/mol. The first kappa shape index (κ1) is 20.5. The highest BCUT2D eigenvalue weighted by Gasteiger charge is 2.31. The van der Waals surface area contributed by atoms with Crippen LogP contribution in [0, 0.1) is 0 Å². The SMILES string of the molecule is COc1ccc([C@H](C)CC(=O)Cn2nnc3ccc(C(F)(F)F)cc3c2=O)cc1. The van der Waals surface area contributed by atoms with E-state index in [2.05, 4.69) is 10.3 Å². The van der Waals surface area contributed by atoms with Crippen molar-refractivity contribution in [2.24, 2.45) is 0 Å². The second kappa shape index (κ2) is 8.02. The van der Waals surface area contributed by atoms with E-state index in [1.54, 1.807) is 19.2 Å². The molecule has 9 heteroatoms. The summed E-state index contributed by atoms with van der Waals surface area (Å²) in [5, 5.41) is 7.20. The van der Waals surface area contributed by atoms with E-state index in [4.69, 9.17) is 4.74 Å². The van der Waals surface area contributed by atoms with Gasteiger partial charge in [-0.15, -0.1) is 5.10 Å². The Morgan fingerprint density at radius 3 is 2.48 bits per heavy atom. The Hall–Kier alpha value is -3.23. The maximum atomic E-state index is 12.9. The fraction of sp³-hybridized carbons (Fsp3) is 0.300. The number of halogens is 3. The third kappa shape index (κ3) is 4.61. The highest BCUT2D eigenvalue weighted by atomic mass is 19.4. The first-order valence-electron chi connectivity index (χ1n) is 8.79. The Balaban J connectivity index is 1.78. The third-order valence-electron chi connectivity index (χ3n) is 4.59. The fourth-order valence-electron chi connectivity index (χ4n) is 2.98. The van der Waals surface area contributed by atoms with E-state index in [9.17, 15) is 22.8 Å². The Morgan fingerprint density at radius 1 is 1.17 bits per heavy atom. The maximum absolute atomic E-state index is 12.9. The van der Waals surface area contributed by atoms with Gasteiger partial charge in [-0.3, -0.25) is 9.59 Å². The lowest BCUT2D eigenvalue weighted by Gasteiger charge is -2.12. The summed E-state index contributed by atoms with van der Waals surface area (Å²) < 4.78 is 44.6. The van der Waals surface area contributed by atoms with Crippen molar-refractivity contribution in [3.05, 3.63) is 63.9 Å². The number of fused-ring (bicyclic) bond motifs is 1. The van der Waals surface area contributed by atoms with Crippen LogP contribution in [-0.4, -0.2) is 27.9 Å². The number of benzene rings is 2. The van der Waals surface area contributed by atoms with Gasteiger partial charge >= 0.3 is 6.18 Å². The number of ether oxygens (including phenoxy) is 1. The average Bonchev–Trinajstić information content (AvgIpc) is 2.69. The molecule has 0 saturated carbocycles. The first-order valence-corrected chi connectivity index (χ1v) is 8.79. The molecule has 0 fully saturated rings. The molecule has 0 radical (unpaired) electrons. The van der Waals surface area contributed by atoms with Gasteiger partial charge in [-0.25, -0.2) is 4.68 Å². The lowest BCUT2D eigenvalue weighted by Crippen LogP contribution is -2.28. The van der Waals surface area contributed by atoms with Gasteiger partial charge in [0.2, 0.25) is 0 Å². The number of nitrogens with zero attached hydrogens (tertiary/aromatic N) is 3. The van der Waals surface area contributed by atoms with Crippen LogP contribution in [0.4, 0.5) is 13.2 Å². The van der Waals surface area contributed by atoms with Crippen LogP contribution in [0.2, 0.25) is 0 Å². The van der Waals surface area contributed by atoms with Crippen LogP contribution in [0.5, 0.6) is 5.75 Å². The van der Waals surface area contributed by atoms with Crippen molar-refractivity contribution >= 4 is 16.7 Å². The minimum absolute atomic E-state index is 0.0401. The summed E-state index contributed by atoms with van der Waals surface area (Å²) in [5.74, 6) is 0.300. The molecule has 0 spiro atoms. The minimum atomic E-state index is -4.58. The molecule has 0 bridgehead atoms. The van der Waals surface area contributed by atoms with E-state index < -0.39 is 17.3 Å². The van der Waals surface area contributed by atoms with Crippen molar-refractivity contribution in [2.75, 3.05) is 7.11 Å². The summed E-state index contributed by atoms with van der Waals surface area (Å²) in [6.07, 6.45) is -4.45. The van der Waals surface area contributed by atoms with E-state index in [0.717, 1.165) is 28.4 Å². The molecule has 0 aliphatic heterocycles. The van der Waals surface area contributed by atoms with Gasteiger partial charge in [0.25, 0.3) is 5.56 Å². The van der Waals surface area contributed by atoms with Crippen LogP contribution < -0.4 is 10.3 Å². The van der Waals surface area contributed by atoms with E-state index in [0.29, 0.717) is 5.75 Å². The summed E-state index contributed by atoms with van der Waals surface area (Å²) in [4.78, 5) is 24.9. The molecule has 6 nitrogen and oxygen atoms in total. The summed E-state index contributed by atoms with van der Waals surface area (Å²) in [5.41, 5.74) is -0.781. The zero-order valence-electron chi connectivity index (χ0n) is 15.7. The van der Waals surface area contributed by atoms with E-state index in [1.807, 2.05) is 19.1 Å². The summed E-state index contributed by atoms with van der Waals surface area (Å²) in [7, 11) is 1.56. The van der Waals surface area contributed by atoms with Crippen molar-refractivity contribution < 1.29 is 22.7 Å². The predicted octanol–water partition coefficient (Wildman–Crippen LogP) is 3.58. The van der Waals surface area contributed by atoms with Gasteiger partial charge in [0.15, 0.2) is 5.78 Å². The Morgan fingerprint density at radius 2 is 1.86 bits per heavy atom. The van der Waals surface area contributed by atoms with Crippen LogP contribution in [-0.2, 0) is 17.5 Å². The number of carbonyl (C=O) groups is 1. The van der Waals surface area contributed by atoms with Crippen LogP contribution in [0.1, 0.15) is 30.4 Å². The Labute approximate surface area is 163 Å². The second-order valence-corrected chi connectivity index (χ2v) is 6.70. The maximum Gasteiger partial charge on any atom is 0.416 e. The molecule has 29 heavy (non-hydrogen) atoms. The van der Waals surface area contributed by atoms with Gasteiger partial charge in [0.05, 0.1) is 18.1 Å². The lowest BCUT2D eigenvalue weighted by molar-refractivity contribution is -0.137. The molecule has 0 aliphatic rings. The normalized spacial score (nSPS) is 12.7. The zero-order valence-corrected chi connectivity index (χ0v) is 15.7. The molecule has 0 unspecified atom stereocenters. The van der Waals surface area contributed by atoms with Gasteiger partial charge in [-0.2, -0.15) is 13.2 Å². The quantitative estimate of drug-likeness (QED) is 0.627. The average molecular weight is 405 g/mol. The number of Topliss-reactive ketones (excluding diaryl/α,β-unsaturated/α-hetero) is 1. The highest BCUT2D eigenvalue weighted by molar-refractivity contribution is 5.80. The first-order chi connectivity index (χ1) is 13.7. The summed E-state index contributed by atoms with van der Waals surface area (Å²) in [6, 6.07) is 9.91. The van der Waals surface area contributed by atoms with E-state index in [1.165, 1.54) is 0 Å². The fourth-order valence-corrected chi connectivity index (χ4v) is 2.98. The highest BCUT2D eigenvalue weighted by Crippen LogP contribution is 2.30. The second-order valence-electron chi connectivity index (χ2n) is 6.70. The molecule has 1 heterocycles. The third-order valence-corrected chi connectivity index (χ3v) is 4.59. The van der Waals surface area contributed by atoms with E-state index in [-0.39, 0.29) is 35.6 Å². The number of carbonyl (C=O) groups excluding carboxylic acids is 1. The molecule has 0 aliphatic carbocycles. The van der Waals surface area contributed by atoms with Gasteiger partial charge in [-0.05, 0) is 41.8 Å². The van der Waals surface area contributed by atoms with Crippen molar-refractivity contribution in [2.45, 2.75) is 32.0 Å². The lowest BCUT2D eigenvalue weighted by atomic mass is 9.95. The summed E-state index contributed by atoms with van der Waals surface area (Å²) in [6.45, 7) is 1.50. The molecular formula is C20H18F3N3O3. The number of hydrogen-bond donors (Lipinski definition) is 0. The van der Waals surface area contributed by atoms with Crippen molar-refractivity contribution in [1.29, 1.82) is 0 Å². The van der Waals surface area contributed by atoms with Gasteiger partial charge in [0, 0.05) is 6.42 Å². The molecule has 0 saturated heterocycles. The summed E-state index contributed by atoms with van der Waals surface area (Å²) >= 11 is 0. The zero-order chi connectivity index (χ0) is 21.2. The predicted molar refractivity (Wildman–Crippen MR) is 99.8 cm³/mol. The van der Waals surface area contributed by atoms with Crippen molar-refractivity contribution in [3.63, 3.8) is 0 Å². The van der Waals surface area contributed by atoms with Crippen LogP contribution >= 0.6 is 0 Å². The standard InChI is InChI=1S/C20H18F3N3O3/c1-12(13-3-6-16(29-2)7-4-13)9-15(27)11-26-19(28)17-10-14(20(21,22)23)5-8-18(17)24-25-26/h3-8,10,12H,9,11H2,1-2H3/t12-/m1/s1. The Bertz CT molecular complexity index is 1090. The topological polar surface area (TPSA) is 74.1 Å². The van der Waals surface area contributed by atoms with Gasteiger partial charge < -0.3 is 4.74 Å². The monoisotopic (exact) mass is 405 g/mol. The molecule has 0 N–H and O–H groups in total. The van der Waals surface area contributed by atoms with Crippen molar-refractivity contribution in [1.82, 2.24) is 15.0 Å². The van der Waals surface area contributed by atoms with Crippen molar-refractivity contribution in [3.8, 4) is 5.75 Å². The van der Waals surface area contributed by atoms with Crippen LogP contribution in [0.3, 0.4) is 0 Å². The number of aromatic nitrogens is 3. The number of alkyl halides is 3. The van der Waals surface area contributed by atoms with E-state index >= 15 is 0 Å². The molecule has 3 rings (SSSR count). The number of rotatable bonds is 6. The smallest absolute Gasteiger partial charge is 0.416 e. The molecule has 2 aromatic carbocycles.